The molecule has 0 saturated carbocycles. The summed E-state index contributed by atoms with van der Waals surface area (Å²) in [5, 5.41) is 0. The molecule has 126 valence electrons. The van der Waals surface area contributed by atoms with Crippen molar-refractivity contribution in [3.8, 4) is 0 Å². The van der Waals surface area contributed by atoms with Crippen molar-refractivity contribution in [3.05, 3.63) is 33.8 Å². The second-order valence-corrected chi connectivity index (χ2v) is 9.67. The molecular weight excluding hydrogens is 380 g/mol. The molecule has 0 amide bonds. The van der Waals surface area contributed by atoms with E-state index in [1.54, 1.807) is 11.3 Å². The number of benzene rings is 1. The van der Waals surface area contributed by atoms with Crippen molar-refractivity contribution >= 4 is 60.0 Å². The van der Waals surface area contributed by atoms with E-state index in [0.29, 0.717) is 5.82 Å². The summed E-state index contributed by atoms with van der Waals surface area (Å²) in [4.78, 5) is 20.9. The van der Waals surface area contributed by atoms with Crippen LogP contribution in [0.3, 0.4) is 0 Å². The van der Waals surface area contributed by atoms with E-state index >= 15 is 0 Å². The Morgan fingerprint density at radius 1 is 1.17 bits per heavy atom. The zero-order valence-corrected chi connectivity index (χ0v) is 16.1. The zero-order chi connectivity index (χ0) is 16.4. The summed E-state index contributed by atoms with van der Waals surface area (Å²) in [5.74, 6) is 1.69. The fourth-order valence-electron chi connectivity index (χ4n) is 2.71. The molecule has 0 bridgehead atoms. The van der Waals surface area contributed by atoms with E-state index in [0.717, 1.165) is 48.3 Å². The lowest BCUT2D eigenvalue weighted by molar-refractivity contribution is 0.273. The molecule has 0 spiro atoms. The third kappa shape index (κ3) is 3.65. The third-order valence-electron chi connectivity index (χ3n) is 4.00. The number of hydrogen-bond acceptors (Lipinski definition) is 9. The van der Waals surface area contributed by atoms with Crippen LogP contribution in [0.25, 0.3) is 10.2 Å². The van der Waals surface area contributed by atoms with Crippen LogP contribution in [0.1, 0.15) is 0 Å². The van der Waals surface area contributed by atoms with Crippen molar-refractivity contribution in [3.63, 3.8) is 0 Å². The van der Waals surface area contributed by atoms with Crippen LogP contribution in [0, 0.1) is 0 Å². The van der Waals surface area contributed by atoms with Crippen molar-refractivity contribution in [2.45, 2.75) is 4.34 Å². The van der Waals surface area contributed by atoms with Gasteiger partial charge < -0.3 is 4.90 Å². The Balaban J connectivity index is 1.25. The largest absolute Gasteiger partial charge is 0.349 e. The van der Waals surface area contributed by atoms with Crippen LogP contribution in [0.2, 0.25) is 0 Å². The Kier molecular flexibility index (Phi) is 5.14. The average molecular weight is 397 g/mol. The molecule has 1 aromatic carbocycles. The van der Waals surface area contributed by atoms with Crippen molar-refractivity contribution < 1.29 is 0 Å². The van der Waals surface area contributed by atoms with Crippen LogP contribution < -0.4 is 9.64 Å². The third-order valence-corrected chi connectivity index (χ3v) is 7.72. The molecule has 1 aliphatic heterocycles. The lowest BCUT2D eigenvalue weighted by Crippen LogP contribution is -2.48. The Labute approximate surface area is 155 Å². The van der Waals surface area contributed by atoms with E-state index < -0.39 is 0 Å². The maximum atomic E-state index is 11.7. The molecule has 1 fully saturated rings. The predicted octanol–water partition coefficient (Wildman–Crippen LogP) is 3.09. The highest BCUT2D eigenvalue weighted by Crippen LogP contribution is 2.29. The highest BCUT2D eigenvalue weighted by atomic mass is 32.9. The topological polar surface area (TPSA) is 49.3 Å². The molecule has 9 heteroatoms. The normalized spacial score (nSPS) is 16.1. The number of aromatic nitrogens is 2. The number of fused-ring (bicyclic) bond motifs is 1. The summed E-state index contributed by atoms with van der Waals surface area (Å²) in [6, 6.07) is 8.29. The lowest BCUT2D eigenvalue weighted by atomic mass is 10.3. The number of rotatable bonds is 5. The number of hydrogen-bond donors (Lipinski definition) is 0. The van der Waals surface area contributed by atoms with Gasteiger partial charge in [-0.1, -0.05) is 23.9 Å². The summed E-state index contributed by atoms with van der Waals surface area (Å²) in [6.07, 6.45) is 0. The molecule has 0 radical (unpaired) electrons. The lowest BCUT2D eigenvalue weighted by Gasteiger charge is -2.34. The Morgan fingerprint density at radius 3 is 2.75 bits per heavy atom. The van der Waals surface area contributed by atoms with E-state index in [1.807, 2.05) is 17.8 Å². The number of para-hydroxylation sites is 1. The van der Waals surface area contributed by atoms with Crippen LogP contribution in [-0.2, 0) is 0 Å². The van der Waals surface area contributed by atoms with E-state index in [9.17, 15) is 4.79 Å². The predicted molar refractivity (Wildman–Crippen MR) is 105 cm³/mol. The van der Waals surface area contributed by atoms with Gasteiger partial charge >= 0.3 is 0 Å². The second-order valence-electron chi connectivity index (χ2n) is 5.48. The summed E-state index contributed by atoms with van der Waals surface area (Å²) < 4.78 is 6.73. The smallest absolute Gasteiger partial charge is 0.286 e. The van der Waals surface area contributed by atoms with Crippen molar-refractivity contribution in [2.75, 3.05) is 43.4 Å². The van der Waals surface area contributed by atoms with Crippen molar-refractivity contribution in [1.29, 1.82) is 0 Å². The number of nitrogens with zero attached hydrogens (tertiary/aromatic N) is 4. The molecule has 2 aromatic heterocycles. The molecule has 3 heterocycles. The highest BCUT2D eigenvalue weighted by molar-refractivity contribution is 8.01. The molecule has 24 heavy (non-hydrogen) atoms. The van der Waals surface area contributed by atoms with Crippen LogP contribution in [0.4, 0.5) is 5.82 Å². The number of thiazole rings is 1. The molecule has 1 aliphatic rings. The first-order valence-electron chi connectivity index (χ1n) is 7.71. The van der Waals surface area contributed by atoms with Gasteiger partial charge in [-0.05, 0) is 22.5 Å². The monoisotopic (exact) mass is 396 g/mol. The Morgan fingerprint density at radius 2 is 2.00 bits per heavy atom. The summed E-state index contributed by atoms with van der Waals surface area (Å²) in [7, 11) is 2.51. The number of anilines is 1. The van der Waals surface area contributed by atoms with Gasteiger partial charge in [-0.25, -0.2) is 4.98 Å². The van der Waals surface area contributed by atoms with Crippen LogP contribution in [0.15, 0.2) is 33.4 Å². The van der Waals surface area contributed by atoms with Gasteiger partial charge in [-0.15, -0.1) is 11.3 Å². The maximum Gasteiger partial charge on any atom is 0.286 e. The molecule has 0 aliphatic carbocycles. The fourth-order valence-corrected chi connectivity index (χ4v) is 6.28. The molecule has 1 saturated heterocycles. The van der Waals surface area contributed by atoms with Crippen LogP contribution in [-0.4, -0.2) is 52.7 Å². The van der Waals surface area contributed by atoms with E-state index in [1.165, 1.54) is 25.6 Å². The molecule has 0 atom stereocenters. The van der Waals surface area contributed by atoms with Gasteiger partial charge in [0.05, 0.1) is 10.2 Å². The standard InChI is InChI=1S/C15H16N4OS4/c20-14-13(17-24-23-14)19-7-5-18(6-8-19)9-10-21-15-16-11-3-1-2-4-12(11)22-15/h1-4H,5-10H2. The van der Waals surface area contributed by atoms with Gasteiger partial charge in [0, 0.05) is 49.0 Å². The molecule has 0 N–H and O–H groups in total. The van der Waals surface area contributed by atoms with Crippen molar-refractivity contribution in [2.24, 2.45) is 0 Å². The van der Waals surface area contributed by atoms with E-state index in [2.05, 4.69) is 37.4 Å². The minimum absolute atomic E-state index is 0.0971. The second kappa shape index (κ2) is 7.49. The van der Waals surface area contributed by atoms with E-state index in [4.69, 9.17) is 0 Å². The van der Waals surface area contributed by atoms with Gasteiger partial charge in [0.25, 0.3) is 4.74 Å². The molecule has 0 unspecified atom stereocenters. The Hall–Kier alpha value is -1.00. The van der Waals surface area contributed by atoms with Gasteiger partial charge in [0.15, 0.2) is 4.34 Å². The molecule has 3 aromatic rings. The number of thioether (sulfide) groups is 1. The molecule has 5 nitrogen and oxygen atoms in total. The molecule has 4 rings (SSSR count). The average Bonchev–Trinajstić information content (AvgIpc) is 3.21. The van der Waals surface area contributed by atoms with Gasteiger partial charge in [0.2, 0.25) is 5.82 Å². The summed E-state index contributed by atoms with van der Waals surface area (Å²) in [6.45, 7) is 4.80. The first kappa shape index (κ1) is 16.5. The summed E-state index contributed by atoms with van der Waals surface area (Å²) >= 11 is 3.60. The first-order valence-corrected chi connectivity index (χ1v) is 11.6. The minimum atomic E-state index is 0.0971. The highest BCUT2D eigenvalue weighted by Gasteiger charge is 2.20. The number of piperazine rings is 1. The van der Waals surface area contributed by atoms with Gasteiger partial charge in [0.1, 0.15) is 0 Å². The first-order chi connectivity index (χ1) is 11.8. The van der Waals surface area contributed by atoms with Crippen LogP contribution >= 0.6 is 44.0 Å². The minimum Gasteiger partial charge on any atom is -0.349 e. The van der Waals surface area contributed by atoms with Gasteiger partial charge in [-0.2, -0.15) is 4.37 Å². The fraction of sp³-hybridized carbons (Fsp3) is 0.400. The van der Waals surface area contributed by atoms with Gasteiger partial charge in [-0.3, -0.25) is 9.69 Å². The maximum absolute atomic E-state index is 11.7. The Bertz CT molecular complexity index is 832. The van der Waals surface area contributed by atoms with Crippen molar-refractivity contribution in [1.82, 2.24) is 14.3 Å². The quantitative estimate of drug-likeness (QED) is 0.488. The summed E-state index contributed by atoms with van der Waals surface area (Å²) in [5.41, 5.74) is 1.09. The SMILES string of the molecule is O=c1ssnc1N1CCN(CCSc2nc3ccccc3s2)CC1. The van der Waals surface area contributed by atoms with E-state index in [-0.39, 0.29) is 4.74 Å². The van der Waals surface area contributed by atoms with Crippen LogP contribution in [0.5, 0.6) is 0 Å². The zero-order valence-electron chi connectivity index (χ0n) is 12.9. The molecular formula is C15H16N4OS4.